The minimum Gasteiger partial charge on any atom is -0.317 e. The number of rotatable bonds is 4. The van der Waals surface area contributed by atoms with Crippen molar-refractivity contribution in [2.45, 2.75) is 45.2 Å². The van der Waals surface area contributed by atoms with E-state index in [1.165, 1.54) is 4.90 Å². The van der Waals surface area contributed by atoms with Crippen LogP contribution in [0.5, 0.6) is 0 Å². The van der Waals surface area contributed by atoms with Gasteiger partial charge in [0.1, 0.15) is 0 Å². The van der Waals surface area contributed by atoms with E-state index in [4.69, 9.17) is 0 Å². The van der Waals surface area contributed by atoms with Gasteiger partial charge in [0.2, 0.25) is 11.8 Å². The van der Waals surface area contributed by atoms with Gasteiger partial charge in [-0.3, -0.25) is 19.4 Å². The van der Waals surface area contributed by atoms with Crippen LogP contribution < -0.4 is 5.32 Å². The van der Waals surface area contributed by atoms with Crippen LogP contribution in [0.25, 0.3) is 0 Å². The predicted octanol–water partition coefficient (Wildman–Crippen LogP) is 0.454. The van der Waals surface area contributed by atoms with Crippen LogP contribution in [-0.4, -0.2) is 60.4 Å². The van der Waals surface area contributed by atoms with E-state index >= 15 is 0 Å². The number of amides is 2. The Labute approximate surface area is 115 Å². The molecule has 2 fully saturated rings. The van der Waals surface area contributed by atoms with Crippen molar-refractivity contribution < 1.29 is 9.59 Å². The summed E-state index contributed by atoms with van der Waals surface area (Å²) >= 11 is 0. The second-order valence-corrected chi connectivity index (χ2v) is 5.99. The highest BCUT2D eigenvalue weighted by atomic mass is 16.2. The lowest BCUT2D eigenvalue weighted by Crippen LogP contribution is -2.48. The molecule has 2 aliphatic rings. The number of hydrogen-bond donors (Lipinski definition) is 1. The molecule has 0 aromatic rings. The molecule has 2 aliphatic heterocycles. The van der Waals surface area contributed by atoms with Gasteiger partial charge < -0.3 is 5.32 Å². The third kappa shape index (κ3) is 3.15. The largest absolute Gasteiger partial charge is 0.317 e. The van der Waals surface area contributed by atoms with Gasteiger partial charge in [0, 0.05) is 19.6 Å². The Hall–Kier alpha value is -0.940. The summed E-state index contributed by atoms with van der Waals surface area (Å²) in [5, 5.41) is 3.36. The van der Waals surface area contributed by atoms with E-state index < -0.39 is 0 Å². The monoisotopic (exact) mass is 267 g/mol. The van der Waals surface area contributed by atoms with Crippen molar-refractivity contribution in [3.05, 3.63) is 0 Å². The number of carbonyl (C=O) groups excluding carboxylic acids is 2. The van der Waals surface area contributed by atoms with E-state index in [1.54, 1.807) is 7.05 Å². The number of likely N-dealkylation sites (tertiary alicyclic amines) is 1. The Morgan fingerprint density at radius 3 is 2.42 bits per heavy atom. The van der Waals surface area contributed by atoms with Gasteiger partial charge in [0.25, 0.3) is 0 Å². The molecule has 108 valence electrons. The molecule has 2 saturated heterocycles. The first-order valence-corrected chi connectivity index (χ1v) is 7.27. The number of nitrogens with one attached hydrogen (secondary N) is 1. The van der Waals surface area contributed by atoms with E-state index in [0.29, 0.717) is 18.4 Å². The fourth-order valence-electron chi connectivity index (χ4n) is 3.06. The van der Waals surface area contributed by atoms with Crippen molar-refractivity contribution in [1.82, 2.24) is 15.1 Å². The standard InChI is InChI=1S/C14H25N3O2/c1-10(2)17(9-11-4-6-15-7-5-11)12-8-13(18)16(3)14(12)19/h10-12,15H,4-9H2,1-3H3. The third-order valence-electron chi connectivity index (χ3n) is 4.35. The van der Waals surface area contributed by atoms with Crippen LogP contribution in [-0.2, 0) is 9.59 Å². The van der Waals surface area contributed by atoms with Gasteiger partial charge in [-0.05, 0) is 45.7 Å². The Morgan fingerprint density at radius 2 is 1.95 bits per heavy atom. The van der Waals surface area contributed by atoms with E-state index in [1.807, 2.05) is 0 Å². The maximum absolute atomic E-state index is 12.2. The Balaban J connectivity index is 2.03. The average molecular weight is 267 g/mol. The molecule has 5 nitrogen and oxygen atoms in total. The molecule has 1 atom stereocenters. The summed E-state index contributed by atoms with van der Waals surface area (Å²) in [6.07, 6.45) is 2.67. The fourth-order valence-corrected chi connectivity index (χ4v) is 3.06. The minimum atomic E-state index is -0.243. The van der Waals surface area contributed by atoms with E-state index in [9.17, 15) is 9.59 Å². The molecule has 0 aromatic carbocycles. The summed E-state index contributed by atoms with van der Waals surface area (Å²) in [5.74, 6) is 0.552. The van der Waals surface area contributed by atoms with Gasteiger partial charge in [-0.15, -0.1) is 0 Å². The summed E-state index contributed by atoms with van der Waals surface area (Å²) in [5.41, 5.74) is 0. The lowest BCUT2D eigenvalue weighted by atomic mass is 9.96. The van der Waals surface area contributed by atoms with Crippen molar-refractivity contribution in [3.8, 4) is 0 Å². The summed E-state index contributed by atoms with van der Waals surface area (Å²) in [7, 11) is 1.59. The number of carbonyl (C=O) groups is 2. The summed E-state index contributed by atoms with van der Waals surface area (Å²) < 4.78 is 0. The zero-order chi connectivity index (χ0) is 14.0. The van der Waals surface area contributed by atoms with Crippen molar-refractivity contribution >= 4 is 11.8 Å². The predicted molar refractivity (Wildman–Crippen MR) is 73.6 cm³/mol. The molecule has 0 aromatic heterocycles. The normalized spacial score (nSPS) is 25.9. The molecule has 1 N–H and O–H groups in total. The molecule has 0 bridgehead atoms. The van der Waals surface area contributed by atoms with Crippen LogP contribution in [0, 0.1) is 5.92 Å². The van der Waals surface area contributed by atoms with Crippen LogP contribution in [0.2, 0.25) is 0 Å². The van der Waals surface area contributed by atoms with Crippen molar-refractivity contribution in [2.75, 3.05) is 26.7 Å². The van der Waals surface area contributed by atoms with Crippen LogP contribution in [0.15, 0.2) is 0 Å². The van der Waals surface area contributed by atoms with Crippen LogP contribution >= 0.6 is 0 Å². The fraction of sp³-hybridized carbons (Fsp3) is 0.857. The molecule has 0 radical (unpaired) electrons. The summed E-state index contributed by atoms with van der Waals surface area (Å²) in [4.78, 5) is 27.3. The molecule has 5 heteroatoms. The average Bonchev–Trinajstić information content (AvgIpc) is 2.64. The van der Waals surface area contributed by atoms with Gasteiger partial charge in [-0.25, -0.2) is 0 Å². The number of imide groups is 1. The maximum atomic E-state index is 12.2. The SMILES string of the molecule is CC(C)N(CC1CCNCC1)C1CC(=O)N(C)C1=O. The first-order chi connectivity index (χ1) is 9.00. The topological polar surface area (TPSA) is 52.7 Å². The van der Waals surface area contributed by atoms with Gasteiger partial charge in [-0.2, -0.15) is 0 Å². The van der Waals surface area contributed by atoms with Gasteiger partial charge in [0.05, 0.1) is 12.5 Å². The Kier molecular flexibility index (Phi) is 4.58. The molecule has 0 saturated carbocycles. The molecular weight excluding hydrogens is 242 g/mol. The third-order valence-corrected chi connectivity index (χ3v) is 4.35. The number of likely N-dealkylation sites (N-methyl/N-ethyl adjacent to an activating group) is 1. The molecule has 1 unspecified atom stereocenters. The lowest BCUT2D eigenvalue weighted by molar-refractivity contribution is -0.138. The quantitative estimate of drug-likeness (QED) is 0.752. The molecule has 0 spiro atoms. The molecular formula is C14H25N3O2. The number of hydrogen-bond acceptors (Lipinski definition) is 4. The van der Waals surface area contributed by atoms with Crippen LogP contribution in [0.3, 0.4) is 0 Å². The van der Waals surface area contributed by atoms with Crippen molar-refractivity contribution in [2.24, 2.45) is 5.92 Å². The first kappa shape index (κ1) is 14.5. The molecule has 0 aliphatic carbocycles. The molecule has 19 heavy (non-hydrogen) atoms. The molecule has 2 rings (SSSR count). The Bertz CT molecular complexity index is 351. The van der Waals surface area contributed by atoms with Gasteiger partial charge >= 0.3 is 0 Å². The summed E-state index contributed by atoms with van der Waals surface area (Å²) in [6.45, 7) is 7.27. The highest BCUT2D eigenvalue weighted by Crippen LogP contribution is 2.23. The lowest BCUT2D eigenvalue weighted by Gasteiger charge is -2.35. The first-order valence-electron chi connectivity index (χ1n) is 7.27. The smallest absolute Gasteiger partial charge is 0.246 e. The van der Waals surface area contributed by atoms with Gasteiger partial charge in [0.15, 0.2) is 0 Å². The van der Waals surface area contributed by atoms with E-state index in [2.05, 4.69) is 24.1 Å². The highest BCUT2D eigenvalue weighted by molar-refractivity contribution is 6.05. The number of nitrogens with zero attached hydrogens (tertiary/aromatic N) is 2. The van der Waals surface area contributed by atoms with Crippen LogP contribution in [0.4, 0.5) is 0 Å². The minimum absolute atomic E-state index is 0.0346. The molecule has 2 heterocycles. The van der Waals surface area contributed by atoms with Crippen LogP contribution in [0.1, 0.15) is 33.1 Å². The van der Waals surface area contributed by atoms with Gasteiger partial charge in [-0.1, -0.05) is 0 Å². The van der Waals surface area contributed by atoms with Crippen molar-refractivity contribution in [3.63, 3.8) is 0 Å². The van der Waals surface area contributed by atoms with Crippen molar-refractivity contribution in [1.29, 1.82) is 0 Å². The van der Waals surface area contributed by atoms with E-state index in [0.717, 1.165) is 32.5 Å². The highest BCUT2D eigenvalue weighted by Gasteiger charge is 2.41. The second kappa shape index (κ2) is 6.01. The number of piperidine rings is 1. The van der Waals surface area contributed by atoms with E-state index in [-0.39, 0.29) is 17.9 Å². The zero-order valence-electron chi connectivity index (χ0n) is 12.2. The zero-order valence-corrected chi connectivity index (χ0v) is 12.2. The maximum Gasteiger partial charge on any atom is 0.246 e. The second-order valence-electron chi connectivity index (χ2n) is 5.99. The Morgan fingerprint density at radius 1 is 1.32 bits per heavy atom. The molecule has 2 amide bonds. The summed E-state index contributed by atoms with van der Waals surface area (Å²) in [6, 6.07) is 0.0514.